The van der Waals surface area contributed by atoms with E-state index in [9.17, 15) is 4.79 Å². The number of aromatic nitrogens is 1. The number of rotatable bonds is 5. The van der Waals surface area contributed by atoms with E-state index in [1.165, 1.54) is 11.3 Å². The van der Waals surface area contributed by atoms with Crippen LogP contribution >= 0.6 is 11.3 Å². The number of carbonyl (C=O) groups is 1. The Hall–Kier alpha value is -1.92. The van der Waals surface area contributed by atoms with Gasteiger partial charge in [0, 0.05) is 30.3 Å². The lowest BCUT2D eigenvalue weighted by molar-refractivity contribution is 0.102. The highest BCUT2D eigenvalue weighted by molar-refractivity contribution is 7.07. The van der Waals surface area contributed by atoms with E-state index in [1.807, 2.05) is 36.2 Å². The number of aliphatic hydroxyl groups excluding tert-OH is 1. The first kappa shape index (κ1) is 13.5. The zero-order valence-corrected chi connectivity index (χ0v) is 11.4. The molecule has 0 bridgehead atoms. The number of thiazole rings is 1. The molecule has 0 saturated carbocycles. The van der Waals surface area contributed by atoms with Crippen molar-refractivity contribution >= 4 is 28.6 Å². The summed E-state index contributed by atoms with van der Waals surface area (Å²) in [6, 6.07) is 7.44. The van der Waals surface area contributed by atoms with Crippen molar-refractivity contribution in [2.45, 2.75) is 0 Å². The van der Waals surface area contributed by atoms with Crippen LogP contribution in [0.3, 0.4) is 0 Å². The highest BCUT2D eigenvalue weighted by Crippen LogP contribution is 2.17. The summed E-state index contributed by atoms with van der Waals surface area (Å²) in [7, 11) is 1.90. The zero-order chi connectivity index (χ0) is 13.7. The van der Waals surface area contributed by atoms with Gasteiger partial charge in [-0.3, -0.25) is 4.79 Å². The molecule has 0 aliphatic rings. The number of anilines is 2. The molecule has 0 aliphatic carbocycles. The van der Waals surface area contributed by atoms with E-state index < -0.39 is 0 Å². The number of hydrogen-bond donors (Lipinski definition) is 2. The Labute approximate surface area is 115 Å². The Morgan fingerprint density at radius 3 is 2.74 bits per heavy atom. The van der Waals surface area contributed by atoms with Gasteiger partial charge in [0.2, 0.25) is 0 Å². The monoisotopic (exact) mass is 277 g/mol. The minimum absolute atomic E-state index is 0.110. The molecule has 5 nitrogen and oxygen atoms in total. The van der Waals surface area contributed by atoms with Crippen LogP contribution in [0.5, 0.6) is 0 Å². The molecule has 1 aromatic carbocycles. The first-order chi connectivity index (χ1) is 9.20. The topological polar surface area (TPSA) is 65.5 Å². The molecular formula is C13H15N3O2S. The second-order valence-electron chi connectivity index (χ2n) is 4.02. The fraction of sp³-hybridized carbons (Fsp3) is 0.231. The Balaban J connectivity index is 2.01. The van der Waals surface area contributed by atoms with E-state index in [4.69, 9.17) is 5.11 Å². The Bertz CT molecular complexity index is 525. The molecule has 0 radical (unpaired) electrons. The van der Waals surface area contributed by atoms with Crippen LogP contribution in [0.25, 0.3) is 0 Å². The average Bonchev–Trinajstić information content (AvgIpc) is 2.94. The first-order valence-electron chi connectivity index (χ1n) is 5.82. The summed E-state index contributed by atoms with van der Waals surface area (Å²) >= 11 is 1.39. The van der Waals surface area contributed by atoms with Crippen LogP contribution in [0, 0.1) is 0 Å². The highest BCUT2D eigenvalue weighted by Gasteiger charge is 2.08. The molecule has 2 N–H and O–H groups in total. The molecule has 0 aliphatic heterocycles. The van der Waals surface area contributed by atoms with Gasteiger partial charge in [0.25, 0.3) is 5.91 Å². The maximum absolute atomic E-state index is 11.8. The SMILES string of the molecule is CN(CCO)c1ccc(NC(=O)c2cscn2)cc1. The van der Waals surface area contributed by atoms with Crippen LogP contribution in [0.15, 0.2) is 35.2 Å². The van der Waals surface area contributed by atoms with Crippen LogP contribution in [0.2, 0.25) is 0 Å². The summed E-state index contributed by atoms with van der Waals surface area (Å²) in [5.41, 5.74) is 3.76. The molecule has 2 aromatic rings. The van der Waals surface area contributed by atoms with Gasteiger partial charge in [0.05, 0.1) is 12.1 Å². The molecule has 0 fully saturated rings. The van der Waals surface area contributed by atoms with Gasteiger partial charge in [-0.1, -0.05) is 0 Å². The zero-order valence-electron chi connectivity index (χ0n) is 10.5. The normalized spacial score (nSPS) is 10.2. The molecule has 1 aromatic heterocycles. The summed E-state index contributed by atoms with van der Waals surface area (Å²) in [5.74, 6) is -0.210. The molecule has 0 spiro atoms. The summed E-state index contributed by atoms with van der Waals surface area (Å²) in [4.78, 5) is 17.7. The van der Waals surface area contributed by atoms with Crippen molar-refractivity contribution in [3.63, 3.8) is 0 Å². The Morgan fingerprint density at radius 1 is 1.42 bits per heavy atom. The molecule has 0 atom stereocenters. The lowest BCUT2D eigenvalue weighted by Gasteiger charge is -2.18. The van der Waals surface area contributed by atoms with E-state index in [-0.39, 0.29) is 12.5 Å². The number of aliphatic hydroxyl groups is 1. The fourth-order valence-electron chi connectivity index (χ4n) is 1.60. The largest absolute Gasteiger partial charge is 0.395 e. The van der Waals surface area contributed by atoms with E-state index in [0.29, 0.717) is 12.2 Å². The second-order valence-corrected chi connectivity index (χ2v) is 4.74. The minimum atomic E-state index is -0.210. The van der Waals surface area contributed by atoms with E-state index in [0.717, 1.165) is 11.4 Å². The maximum atomic E-state index is 11.8. The van der Waals surface area contributed by atoms with Gasteiger partial charge in [0.15, 0.2) is 0 Å². The third-order valence-electron chi connectivity index (χ3n) is 2.67. The van der Waals surface area contributed by atoms with Crippen molar-refractivity contribution in [1.82, 2.24) is 4.98 Å². The number of nitrogens with one attached hydrogen (secondary N) is 1. The second kappa shape index (κ2) is 6.31. The van der Waals surface area contributed by atoms with E-state index in [2.05, 4.69) is 10.3 Å². The van der Waals surface area contributed by atoms with Crippen LogP contribution < -0.4 is 10.2 Å². The third kappa shape index (κ3) is 3.52. The highest BCUT2D eigenvalue weighted by atomic mass is 32.1. The fourth-order valence-corrected chi connectivity index (χ4v) is 2.13. The van der Waals surface area contributed by atoms with Gasteiger partial charge in [-0.15, -0.1) is 11.3 Å². The lowest BCUT2D eigenvalue weighted by atomic mass is 10.2. The standard InChI is InChI=1S/C13H15N3O2S/c1-16(6-7-17)11-4-2-10(3-5-11)15-13(18)12-8-19-9-14-12/h2-5,8-9,17H,6-7H2,1H3,(H,15,18). The number of carbonyl (C=O) groups excluding carboxylic acids is 1. The Morgan fingerprint density at radius 2 is 2.16 bits per heavy atom. The van der Waals surface area contributed by atoms with Gasteiger partial charge in [-0.05, 0) is 24.3 Å². The number of likely N-dealkylation sites (N-methyl/N-ethyl adjacent to an activating group) is 1. The summed E-state index contributed by atoms with van der Waals surface area (Å²) in [5, 5.41) is 13.4. The predicted molar refractivity (Wildman–Crippen MR) is 76.9 cm³/mol. The summed E-state index contributed by atoms with van der Waals surface area (Å²) in [6.45, 7) is 0.684. The molecule has 1 amide bonds. The van der Waals surface area contributed by atoms with Crippen molar-refractivity contribution < 1.29 is 9.90 Å². The van der Waals surface area contributed by atoms with E-state index in [1.54, 1.807) is 10.9 Å². The van der Waals surface area contributed by atoms with Crippen molar-refractivity contribution in [3.05, 3.63) is 40.8 Å². The molecule has 1 heterocycles. The van der Waals surface area contributed by atoms with Gasteiger partial charge >= 0.3 is 0 Å². The van der Waals surface area contributed by atoms with Gasteiger partial charge in [0.1, 0.15) is 5.69 Å². The van der Waals surface area contributed by atoms with Crippen molar-refractivity contribution in [2.75, 3.05) is 30.4 Å². The van der Waals surface area contributed by atoms with Crippen molar-refractivity contribution in [1.29, 1.82) is 0 Å². The summed E-state index contributed by atoms with van der Waals surface area (Å²) < 4.78 is 0. The van der Waals surface area contributed by atoms with Crippen LogP contribution in [-0.2, 0) is 0 Å². The quantitative estimate of drug-likeness (QED) is 0.875. The molecular weight excluding hydrogens is 262 g/mol. The number of nitrogens with zero attached hydrogens (tertiary/aromatic N) is 2. The van der Waals surface area contributed by atoms with Crippen LogP contribution in [-0.4, -0.2) is 36.2 Å². The van der Waals surface area contributed by atoms with Gasteiger partial charge in [-0.25, -0.2) is 4.98 Å². The molecule has 100 valence electrons. The number of hydrogen-bond acceptors (Lipinski definition) is 5. The predicted octanol–water partition coefficient (Wildman–Crippen LogP) is 1.82. The maximum Gasteiger partial charge on any atom is 0.275 e. The average molecular weight is 277 g/mol. The molecule has 2 rings (SSSR count). The molecule has 6 heteroatoms. The molecule has 0 unspecified atom stereocenters. The van der Waals surface area contributed by atoms with Crippen molar-refractivity contribution in [3.8, 4) is 0 Å². The van der Waals surface area contributed by atoms with Crippen LogP contribution in [0.4, 0.5) is 11.4 Å². The Kier molecular flexibility index (Phi) is 4.48. The van der Waals surface area contributed by atoms with Crippen molar-refractivity contribution in [2.24, 2.45) is 0 Å². The first-order valence-corrected chi connectivity index (χ1v) is 6.76. The minimum Gasteiger partial charge on any atom is -0.395 e. The van der Waals surface area contributed by atoms with Gasteiger partial charge < -0.3 is 15.3 Å². The molecule has 19 heavy (non-hydrogen) atoms. The third-order valence-corrected chi connectivity index (χ3v) is 3.25. The smallest absolute Gasteiger partial charge is 0.275 e. The molecule has 0 saturated heterocycles. The van der Waals surface area contributed by atoms with E-state index >= 15 is 0 Å². The summed E-state index contributed by atoms with van der Waals surface area (Å²) in [6.07, 6.45) is 0. The van der Waals surface area contributed by atoms with Gasteiger partial charge in [-0.2, -0.15) is 0 Å². The number of benzene rings is 1. The number of amides is 1. The van der Waals surface area contributed by atoms with Crippen LogP contribution in [0.1, 0.15) is 10.5 Å². The lowest BCUT2D eigenvalue weighted by Crippen LogP contribution is -2.21.